The first-order valence-corrected chi connectivity index (χ1v) is 6.32. The van der Waals surface area contributed by atoms with Crippen LogP contribution in [0.25, 0.3) is 0 Å². The maximum absolute atomic E-state index is 12.1. The quantitative estimate of drug-likeness (QED) is 0.876. The number of hydrogen-bond acceptors (Lipinski definition) is 3. The number of rotatable bonds is 4. The maximum Gasteiger partial charge on any atom is 0.239 e. The number of hydrogen-bond donors (Lipinski definition) is 1. The molecule has 98 valence electrons. The number of benzene rings is 1. The zero-order chi connectivity index (χ0) is 13.0. The number of likely N-dealkylation sites (N-methyl/N-ethyl adjacent to an activating group) is 1. The lowest BCUT2D eigenvalue weighted by Gasteiger charge is -2.21. The lowest BCUT2D eigenvalue weighted by Crippen LogP contribution is -2.41. The van der Waals surface area contributed by atoms with Gasteiger partial charge in [0.2, 0.25) is 5.91 Å². The molecule has 1 N–H and O–H groups in total. The SMILES string of the molecule is COc1cccc(CN(C)C(=O)C2CCCN2)c1. The van der Waals surface area contributed by atoms with Crippen LogP contribution in [0.3, 0.4) is 0 Å². The van der Waals surface area contributed by atoms with Crippen LogP contribution in [0.15, 0.2) is 24.3 Å². The molecule has 0 spiro atoms. The van der Waals surface area contributed by atoms with Gasteiger partial charge in [-0.15, -0.1) is 0 Å². The third-order valence-electron chi connectivity index (χ3n) is 3.29. The largest absolute Gasteiger partial charge is 0.497 e. The molecule has 0 bridgehead atoms. The Balaban J connectivity index is 1.97. The van der Waals surface area contributed by atoms with E-state index in [1.54, 1.807) is 12.0 Å². The van der Waals surface area contributed by atoms with Gasteiger partial charge in [0.25, 0.3) is 0 Å². The number of nitrogens with zero attached hydrogens (tertiary/aromatic N) is 1. The lowest BCUT2D eigenvalue weighted by atomic mass is 10.1. The Morgan fingerprint density at radius 2 is 2.39 bits per heavy atom. The van der Waals surface area contributed by atoms with E-state index in [-0.39, 0.29) is 11.9 Å². The molecular formula is C14H20N2O2. The average Bonchev–Trinajstić information content (AvgIpc) is 2.92. The van der Waals surface area contributed by atoms with Crippen LogP contribution < -0.4 is 10.1 Å². The minimum Gasteiger partial charge on any atom is -0.497 e. The van der Waals surface area contributed by atoms with Gasteiger partial charge in [0, 0.05) is 13.6 Å². The topological polar surface area (TPSA) is 41.6 Å². The predicted molar refractivity (Wildman–Crippen MR) is 70.5 cm³/mol. The van der Waals surface area contributed by atoms with Crippen LogP contribution in [0.2, 0.25) is 0 Å². The van der Waals surface area contributed by atoms with Crippen LogP contribution in [0.1, 0.15) is 18.4 Å². The summed E-state index contributed by atoms with van der Waals surface area (Å²) in [4.78, 5) is 13.9. The fourth-order valence-corrected chi connectivity index (χ4v) is 2.28. The van der Waals surface area contributed by atoms with Crippen LogP contribution in [0.5, 0.6) is 5.75 Å². The highest BCUT2D eigenvalue weighted by atomic mass is 16.5. The van der Waals surface area contributed by atoms with Crippen molar-refractivity contribution in [1.82, 2.24) is 10.2 Å². The van der Waals surface area contributed by atoms with Gasteiger partial charge in [-0.2, -0.15) is 0 Å². The summed E-state index contributed by atoms with van der Waals surface area (Å²) in [6, 6.07) is 7.82. The van der Waals surface area contributed by atoms with Crippen molar-refractivity contribution in [2.24, 2.45) is 0 Å². The Kier molecular flexibility index (Phi) is 4.20. The number of methoxy groups -OCH3 is 1. The highest BCUT2D eigenvalue weighted by Gasteiger charge is 2.24. The molecule has 1 aliphatic rings. The van der Waals surface area contributed by atoms with Crippen molar-refractivity contribution in [3.05, 3.63) is 29.8 Å². The first-order chi connectivity index (χ1) is 8.70. The molecule has 1 fully saturated rings. The van der Waals surface area contributed by atoms with Gasteiger partial charge < -0.3 is 15.0 Å². The zero-order valence-corrected chi connectivity index (χ0v) is 11.0. The summed E-state index contributed by atoms with van der Waals surface area (Å²) in [6.45, 7) is 1.57. The highest BCUT2D eigenvalue weighted by molar-refractivity contribution is 5.81. The monoisotopic (exact) mass is 248 g/mol. The van der Waals surface area contributed by atoms with Crippen LogP contribution in [-0.2, 0) is 11.3 Å². The molecule has 1 saturated heterocycles. The molecule has 0 saturated carbocycles. The van der Waals surface area contributed by atoms with E-state index in [0.717, 1.165) is 30.7 Å². The molecule has 1 aliphatic heterocycles. The van der Waals surface area contributed by atoms with Gasteiger partial charge in [-0.25, -0.2) is 0 Å². The normalized spacial score (nSPS) is 18.7. The molecule has 4 heteroatoms. The van der Waals surface area contributed by atoms with Crippen molar-refractivity contribution in [3.63, 3.8) is 0 Å². The molecule has 1 heterocycles. The summed E-state index contributed by atoms with van der Waals surface area (Å²) in [7, 11) is 3.50. The lowest BCUT2D eigenvalue weighted by molar-refractivity contribution is -0.132. The second-order valence-electron chi connectivity index (χ2n) is 4.69. The smallest absolute Gasteiger partial charge is 0.239 e. The van der Waals surface area contributed by atoms with Gasteiger partial charge in [-0.1, -0.05) is 12.1 Å². The molecule has 1 aromatic rings. The summed E-state index contributed by atoms with van der Waals surface area (Å²) >= 11 is 0. The molecule has 2 rings (SSSR count). The van der Waals surface area contributed by atoms with Gasteiger partial charge >= 0.3 is 0 Å². The van der Waals surface area contributed by atoms with Gasteiger partial charge in [0.05, 0.1) is 13.2 Å². The zero-order valence-electron chi connectivity index (χ0n) is 11.0. The van der Waals surface area contributed by atoms with E-state index in [4.69, 9.17) is 4.74 Å². The van der Waals surface area contributed by atoms with E-state index in [9.17, 15) is 4.79 Å². The van der Waals surface area contributed by atoms with Crippen LogP contribution in [-0.4, -0.2) is 37.6 Å². The van der Waals surface area contributed by atoms with Crippen molar-refractivity contribution >= 4 is 5.91 Å². The average molecular weight is 248 g/mol. The molecular weight excluding hydrogens is 228 g/mol. The summed E-state index contributed by atoms with van der Waals surface area (Å²) in [5.41, 5.74) is 1.09. The standard InChI is InChI=1S/C14H20N2O2/c1-16(14(17)13-7-4-8-15-13)10-11-5-3-6-12(9-11)18-2/h3,5-6,9,13,15H,4,7-8,10H2,1-2H3. The number of carbonyl (C=O) groups is 1. The second kappa shape index (κ2) is 5.87. The molecule has 0 aromatic heterocycles. The Labute approximate surface area is 108 Å². The second-order valence-corrected chi connectivity index (χ2v) is 4.69. The molecule has 0 radical (unpaired) electrons. The van der Waals surface area contributed by atoms with Crippen LogP contribution >= 0.6 is 0 Å². The maximum atomic E-state index is 12.1. The Bertz CT molecular complexity index is 414. The summed E-state index contributed by atoms with van der Waals surface area (Å²) in [5, 5.41) is 3.23. The fourth-order valence-electron chi connectivity index (χ4n) is 2.28. The van der Waals surface area contributed by atoms with Gasteiger partial charge in [-0.3, -0.25) is 4.79 Å². The molecule has 0 aliphatic carbocycles. The van der Waals surface area contributed by atoms with E-state index in [1.165, 1.54) is 0 Å². The summed E-state index contributed by atoms with van der Waals surface area (Å²) in [6.07, 6.45) is 2.03. The fraction of sp³-hybridized carbons (Fsp3) is 0.500. The minimum atomic E-state index is 0.000563. The van der Waals surface area contributed by atoms with E-state index >= 15 is 0 Å². The van der Waals surface area contributed by atoms with Crippen LogP contribution in [0.4, 0.5) is 0 Å². The number of ether oxygens (including phenoxy) is 1. The molecule has 1 atom stereocenters. The Hall–Kier alpha value is -1.55. The Morgan fingerprint density at radius 3 is 3.06 bits per heavy atom. The molecule has 4 nitrogen and oxygen atoms in total. The van der Waals surface area contributed by atoms with E-state index in [1.807, 2.05) is 31.3 Å². The van der Waals surface area contributed by atoms with Gasteiger partial charge in [-0.05, 0) is 37.1 Å². The summed E-state index contributed by atoms with van der Waals surface area (Å²) < 4.78 is 5.18. The molecule has 1 amide bonds. The first kappa shape index (κ1) is 12.9. The Morgan fingerprint density at radius 1 is 1.56 bits per heavy atom. The summed E-state index contributed by atoms with van der Waals surface area (Å²) in [5.74, 6) is 1.00. The predicted octanol–water partition coefficient (Wildman–Crippen LogP) is 1.41. The van der Waals surface area contributed by atoms with Gasteiger partial charge in [0.1, 0.15) is 5.75 Å². The van der Waals surface area contributed by atoms with Crippen molar-refractivity contribution < 1.29 is 9.53 Å². The third-order valence-corrected chi connectivity index (χ3v) is 3.29. The van der Waals surface area contributed by atoms with Gasteiger partial charge in [0.15, 0.2) is 0 Å². The third kappa shape index (κ3) is 3.01. The van der Waals surface area contributed by atoms with E-state index < -0.39 is 0 Å². The molecule has 1 aromatic carbocycles. The highest BCUT2D eigenvalue weighted by Crippen LogP contribution is 2.15. The number of nitrogens with one attached hydrogen (secondary N) is 1. The van der Waals surface area contributed by atoms with Crippen LogP contribution in [0, 0.1) is 0 Å². The first-order valence-electron chi connectivity index (χ1n) is 6.32. The van der Waals surface area contributed by atoms with E-state index in [0.29, 0.717) is 6.54 Å². The number of amides is 1. The van der Waals surface area contributed by atoms with Crippen molar-refractivity contribution in [3.8, 4) is 5.75 Å². The minimum absolute atomic E-state index is 0.000563. The van der Waals surface area contributed by atoms with Crippen molar-refractivity contribution in [2.45, 2.75) is 25.4 Å². The molecule has 1 unspecified atom stereocenters. The number of carbonyl (C=O) groups excluding carboxylic acids is 1. The molecule has 18 heavy (non-hydrogen) atoms. The van der Waals surface area contributed by atoms with Crippen molar-refractivity contribution in [1.29, 1.82) is 0 Å². The van der Waals surface area contributed by atoms with E-state index in [2.05, 4.69) is 5.32 Å². The van der Waals surface area contributed by atoms with Crippen molar-refractivity contribution in [2.75, 3.05) is 20.7 Å².